The van der Waals surface area contributed by atoms with Crippen molar-refractivity contribution in [3.05, 3.63) is 34.2 Å². The van der Waals surface area contributed by atoms with Crippen molar-refractivity contribution in [3.63, 3.8) is 0 Å². The molecule has 0 fully saturated rings. The maximum Gasteiger partial charge on any atom is 0.397 e. The van der Waals surface area contributed by atoms with Gasteiger partial charge in [0.25, 0.3) is 0 Å². The van der Waals surface area contributed by atoms with Crippen molar-refractivity contribution in [1.29, 1.82) is 0 Å². The first-order valence-electron chi connectivity index (χ1n) is 11.7. The number of ether oxygens (including phenoxy) is 1. The van der Waals surface area contributed by atoms with Crippen LogP contribution in [0.1, 0.15) is 102 Å². The average Bonchev–Trinajstić information content (AvgIpc) is 2.70. The van der Waals surface area contributed by atoms with Crippen LogP contribution in [-0.4, -0.2) is 11.6 Å². The molecule has 0 saturated carbocycles. The number of rotatable bonds is 16. The number of hydrogen-bond donors (Lipinski definition) is 0. The summed E-state index contributed by atoms with van der Waals surface area (Å²) < 4.78 is 10.7. The number of hydrogen-bond acceptors (Lipinski definition) is 4. The second-order valence-corrected chi connectivity index (χ2v) is 8.23. The molecule has 0 unspecified atom stereocenters. The molecule has 1 aromatic heterocycles. The van der Waals surface area contributed by atoms with Crippen molar-refractivity contribution in [2.24, 2.45) is 0 Å². The zero-order chi connectivity index (χ0) is 20.7. The summed E-state index contributed by atoms with van der Waals surface area (Å²) in [6, 6.07) is 5.52. The highest BCUT2D eigenvalue weighted by atomic mass is 16.6. The maximum atomic E-state index is 12.0. The molecule has 1 heterocycles. The van der Waals surface area contributed by atoms with Gasteiger partial charge in [0.05, 0.1) is 17.5 Å². The van der Waals surface area contributed by atoms with E-state index in [4.69, 9.17) is 9.15 Å². The molecule has 0 aliphatic carbocycles. The molecule has 0 aliphatic heterocycles. The highest BCUT2D eigenvalue weighted by molar-refractivity contribution is 5.77. The summed E-state index contributed by atoms with van der Waals surface area (Å²) in [6.45, 7) is 4.80. The van der Waals surface area contributed by atoms with Crippen LogP contribution in [0.4, 0.5) is 0 Å². The fraction of sp³-hybridized carbons (Fsp3) is 0.680. The van der Waals surface area contributed by atoms with Gasteiger partial charge in [-0.15, -0.1) is 0 Å². The number of nitrogens with zero attached hydrogens (tertiary/aromatic N) is 1. The molecule has 4 nitrogen and oxygen atoms in total. The van der Waals surface area contributed by atoms with Crippen molar-refractivity contribution in [3.8, 4) is 6.08 Å². The minimum Gasteiger partial charge on any atom is -0.450 e. The quantitative estimate of drug-likeness (QED) is 0.276. The van der Waals surface area contributed by atoms with Gasteiger partial charge in [0.1, 0.15) is 0 Å². The summed E-state index contributed by atoms with van der Waals surface area (Å²) >= 11 is 0. The van der Waals surface area contributed by atoms with Gasteiger partial charge in [0.2, 0.25) is 0 Å². The minimum absolute atomic E-state index is 0.0859. The first-order valence-corrected chi connectivity index (χ1v) is 11.7. The second-order valence-electron chi connectivity index (χ2n) is 8.23. The molecule has 2 aromatic rings. The molecule has 2 rings (SSSR count). The molecule has 0 spiro atoms. The van der Waals surface area contributed by atoms with Crippen LogP contribution in [-0.2, 0) is 0 Å². The van der Waals surface area contributed by atoms with Gasteiger partial charge in [-0.3, -0.25) is 0 Å². The molecule has 0 radical (unpaired) electrons. The number of fused-ring (bicyclic) bond motifs is 1. The Hall–Kier alpha value is -1.84. The zero-order valence-corrected chi connectivity index (χ0v) is 18.5. The van der Waals surface area contributed by atoms with Gasteiger partial charge < -0.3 is 9.15 Å². The summed E-state index contributed by atoms with van der Waals surface area (Å²) in [5.41, 5.74) is 1.32. The zero-order valence-electron chi connectivity index (χ0n) is 18.5. The second kappa shape index (κ2) is 14.2. The molecule has 1 aromatic carbocycles. The molecule has 0 atom stereocenters. The first-order chi connectivity index (χ1) is 14.2. The Morgan fingerprint density at radius 1 is 0.828 bits per heavy atom. The molecule has 29 heavy (non-hydrogen) atoms. The van der Waals surface area contributed by atoms with Crippen LogP contribution in [0.25, 0.3) is 10.9 Å². The standard InChI is InChI=1S/C25H39NO3/c1-3-4-5-6-7-8-9-10-11-12-13-14-15-16-19-28-25-26-23-20-21(2)17-18-22(23)24(27)29-25/h17-18,20H,3-16,19H2,1-2H3. The Balaban J connectivity index is 1.46. The highest BCUT2D eigenvalue weighted by Gasteiger charge is 2.07. The lowest BCUT2D eigenvalue weighted by Gasteiger charge is -2.05. The van der Waals surface area contributed by atoms with E-state index in [0.29, 0.717) is 17.5 Å². The minimum atomic E-state index is -0.383. The van der Waals surface area contributed by atoms with Crippen LogP contribution in [0.5, 0.6) is 6.08 Å². The van der Waals surface area contributed by atoms with E-state index in [1.54, 1.807) is 6.07 Å². The van der Waals surface area contributed by atoms with Crippen LogP contribution < -0.4 is 10.4 Å². The van der Waals surface area contributed by atoms with E-state index in [2.05, 4.69) is 11.9 Å². The number of unbranched alkanes of at least 4 members (excludes halogenated alkanes) is 13. The van der Waals surface area contributed by atoms with E-state index < -0.39 is 0 Å². The van der Waals surface area contributed by atoms with Crippen molar-refractivity contribution >= 4 is 10.9 Å². The lowest BCUT2D eigenvalue weighted by atomic mass is 10.0. The molecule has 0 bridgehead atoms. The van der Waals surface area contributed by atoms with Gasteiger partial charge in [0.15, 0.2) is 0 Å². The van der Waals surface area contributed by atoms with Crippen molar-refractivity contribution < 1.29 is 9.15 Å². The SMILES string of the molecule is CCCCCCCCCCCCCCCCOc1nc2cc(C)ccc2c(=O)o1. The van der Waals surface area contributed by atoms with Gasteiger partial charge in [-0.05, 0) is 31.0 Å². The van der Waals surface area contributed by atoms with Crippen molar-refractivity contribution in [1.82, 2.24) is 4.98 Å². The Morgan fingerprint density at radius 2 is 1.38 bits per heavy atom. The third kappa shape index (κ3) is 9.47. The third-order valence-corrected chi connectivity index (χ3v) is 5.49. The number of aromatic nitrogens is 1. The lowest BCUT2D eigenvalue weighted by Crippen LogP contribution is -2.06. The van der Waals surface area contributed by atoms with Crippen LogP contribution in [0.3, 0.4) is 0 Å². The van der Waals surface area contributed by atoms with Crippen LogP contribution in [0, 0.1) is 6.92 Å². The smallest absolute Gasteiger partial charge is 0.397 e. The largest absolute Gasteiger partial charge is 0.450 e. The predicted molar refractivity (Wildman–Crippen MR) is 121 cm³/mol. The van der Waals surface area contributed by atoms with Gasteiger partial charge in [-0.1, -0.05) is 96.5 Å². The number of aryl methyl sites for hydroxylation is 1. The van der Waals surface area contributed by atoms with Crippen LogP contribution >= 0.6 is 0 Å². The van der Waals surface area contributed by atoms with Crippen molar-refractivity contribution in [2.45, 2.75) is 104 Å². The molecular formula is C25H39NO3. The van der Waals surface area contributed by atoms with Gasteiger partial charge in [-0.2, -0.15) is 4.98 Å². The summed E-state index contributed by atoms with van der Waals surface area (Å²) in [4.78, 5) is 16.3. The van der Waals surface area contributed by atoms with Gasteiger partial charge in [0, 0.05) is 0 Å². The third-order valence-electron chi connectivity index (χ3n) is 5.49. The maximum absolute atomic E-state index is 12.0. The fourth-order valence-corrected chi connectivity index (χ4v) is 3.68. The summed E-state index contributed by atoms with van der Waals surface area (Å²) in [7, 11) is 0. The van der Waals surface area contributed by atoms with E-state index in [-0.39, 0.29) is 11.7 Å². The lowest BCUT2D eigenvalue weighted by molar-refractivity contribution is 0.211. The van der Waals surface area contributed by atoms with Crippen LogP contribution in [0.15, 0.2) is 27.4 Å². The summed E-state index contributed by atoms with van der Waals surface area (Å²) in [6.07, 6.45) is 18.7. The summed E-state index contributed by atoms with van der Waals surface area (Å²) in [5, 5.41) is 0.499. The fourth-order valence-electron chi connectivity index (χ4n) is 3.68. The average molecular weight is 402 g/mol. The Kier molecular flexibility index (Phi) is 11.5. The Labute approximate surface area is 176 Å². The van der Waals surface area contributed by atoms with E-state index in [1.807, 2.05) is 19.1 Å². The Morgan fingerprint density at radius 3 is 1.97 bits per heavy atom. The molecule has 0 amide bonds. The predicted octanol–water partition coefficient (Wildman–Crippen LogP) is 7.36. The van der Waals surface area contributed by atoms with E-state index in [0.717, 1.165) is 18.4 Å². The molecule has 4 heteroatoms. The van der Waals surface area contributed by atoms with E-state index >= 15 is 0 Å². The molecule has 0 saturated heterocycles. The van der Waals surface area contributed by atoms with Gasteiger partial charge >= 0.3 is 11.7 Å². The summed E-state index contributed by atoms with van der Waals surface area (Å²) in [5.74, 6) is 0. The number of benzene rings is 1. The van der Waals surface area contributed by atoms with Crippen LogP contribution in [0.2, 0.25) is 0 Å². The first kappa shape index (κ1) is 23.4. The van der Waals surface area contributed by atoms with Gasteiger partial charge in [-0.25, -0.2) is 4.79 Å². The van der Waals surface area contributed by atoms with E-state index in [1.165, 1.54) is 77.0 Å². The normalized spacial score (nSPS) is 11.2. The Bertz CT molecular complexity index is 753. The molecule has 0 N–H and O–H groups in total. The molecular weight excluding hydrogens is 362 g/mol. The molecule has 0 aliphatic rings. The molecule has 162 valence electrons. The monoisotopic (exact) mass is 401 g/mol. The van der Waals surface area contributed by atoms with Crippen molar-refractivity contribution in [2.75, 3.05) is 6.61 Å². The van der Waals surface area contributed by atoms with E-state index in [9.17, 15) is 4.79 Å². The topological polar surface area (TPSA) is 52.3 Å². The highest BCUT2D eigenvalue weighted by Crippen LogP contribution is 2.15.